The van der Waals surface area contributed by atoms with Crippen LogP contribution in [-0.4, -0.2) is 37.0 Å². The molecule has 22 heavy (non-hydrogen) atoms. The molecule has 0 unspecified atom stereocenters. The van der Waals surface area contributed by atoms with Gasteiger partial charge < -0.3 is 9.57 Å². The number of carbonyl (C=O) groups is 3. The largest absolute Gasteiger partial charge is 0.468 e. The number of ether oxygens (including phenoxy) is 1. The molecule has 1 aliphatic rings. The third kappa shape index (κ3) is 3.72. The monoisotopic (exact) mass is 311 g/mol. The van der Waals surface area contributed by atoms with Gasteiger partial charge in [0.25, 0.3) is 0 Å². The van der Waals surface area contributed by atoms with Gasteiger partial charge in [0.2, 0.25) is 0 Å². The summed E-state index contributed by atoms with van der Waals surface area (Å²) in [6.07, 6.45) is 1.26. The van der Waals surface area contributed by atoms with Gasteiger partial charge in [-0.2, -0.15) is 0 Å². The molecule has 6 nitrogen and oxygen atoms in total. The number of hydrogen-bond acceptors (Lipinski definition) is 6. The van der Waals surface area contributed by atoms with Crippen LogP contribution in [0.15, 0.2) is 5.16 Å². The number of Topliss-reactive ketones (excluding diaryl/α,β-unsaturated/α-hetero) is 2. The lowest BCUT2D eigenvalue weighted by molar-refractivity contribution is -0.156. The van der Waals surface area contributed by atoms with Gasteiger partial charge in [-0.1, -0.05) is 25.9 Å². The Hall–Kier alpha value is -1.72. The van der Waals surface area contributed by atoms with Crippen LogP contribution in [0.25, 0.3) is 0 Å². The molecule has 1 rings (SSSR count). The predicted molar refractivity (Wildman–Crippen MR) is 81.4 cm³/mol. The molecule has 1 fully saturated rings. The molecule has 0 aliphatic heterocycles. The van der Waals surface area contributed by atoms with Gasteiger partial charge in [0, 0.05) is 6.42 Å². The van der Waals surface area contributed by atoms with E-state index in [2.05, 4.69) is 5.16 Å². The van der Waals surface area contributed by atoms with E-state index >= 15 is 0 Å². The Bertz CT molecular complexity index is 481. The molecule has 124 valence electrons. The van der Waals surface area contributed by atoms with E-state index in [4.69, 9.17) is 9.57 Å². The topological polar surface area (TPSA) is 82.0 Å². The second-order valence-corrected chi connectivity index (χ2v) is 6.17. The minimum Gasteiger partial charge on any atom is -0.468 e. The van der Waals surface area contributed by atoms with Crippen molar-refractivity contribution < 1.29 is 24.0 Å². The zero-order valence-corrected chi connectivity index (χ0v) is 14.0. The summed E-state index contributed by atoms with van der Waals surface area (Å²) in [4.78, 5) is 42.2. The van der Waals surface area contributed by atoms with Gasteiger partial charge in [0.1, 0.15) is 24.2 Å². The summed E-state index contributed by atoms with van der Waals surface area (Å²) in [5.41, 5.74) is -0.251. The van der Waals surface area contributed by atoms with Crippen LogP contribution in [0.1, 0.15) is 47.0 Å². The Morgan fingerprint density at radius 2 is 1.95 bits per heavy atom. The molecule has 1 aliphatic carbocycles. The van der Waals surface area contributed by atoms with Gasteiger partial charge in [-0.25, -0.2) is 0 Å². The van der Waals surface area contributed by atoms with Crippen molar-refractivity contribution in [3.63, 3.8) is 0 Å². The Morgan fingerprint density at radius 3 is 2.45 bits per heavy atom. The standard InChI is InChI=1S/C16H25NO5/c1-6-8-11(18)12-10(17-22-7-2)9-16(3,4)13(14(12)19)15(20)21-5/h12-13H,6-9H2,1-5H3/b17-10+/t12-,13+/m1/s1. The highest BCUT2D eigenvalue weighted by molar-refractivity contribution is 6.26. The molecule has 2 atom stereocenters. The summed E-state index contributed by atoms with van der Waals surface area (Å²) < 4.78 is 4.76. The SMILES string of the molecule is CCCC(=O)[C@@H]1C(=O)[C@@H](C(=O)OC)C(C)(C)C/C1=N\OCC. The average Bonchev–Trinajstić information content (AvgIpc) is 2.43. The Kier molecular flexibility index (Phi) is 6.26. The first kappa shape index (κ1) is 18.3. The molecule has 0 amide bonds. The first-order chi connectivity index (χ1) is 10.3. The number of ketones is 2. The van der Waals surface area contributed by atoms with Crippen LogP contribution in [0.2, 0.25) is 0 Å². The Labute approximate surface area is 131 Å². The minimum atomic E-state index is -0.997. The van der Waals surface area contributed by atoms with Crippen LogP contribution in [0, 0.1) is 17.3 Å². The highest BCUT2D eigenvalue weighted by Gasteiger charge is 2.52. The van der Waals surface area contributed by atoms with Crippen molar-refractivity contribution in [3.05, 3.63) is 0 Å². The van der Waals surface area contributed by atoms with E-state index in [1.165, 1.54) is 7.11 Å². The summed E-state index contributed by atoms with van der Waals surface area (Å²) in [6, 6.07) is 0. The first-order valence-electron chi connectivity index (χ1n) is 7.63. The zero-order chi connectivity index (χ0) is 16.9. The quantitative estimate of drug-likeness (QED) is 0.426. The lowest BCUT2D eigenvalue weighted by Crippen LogP contribution is -2.52. The number of hydrogen-bond donors (Lipinski definition) is 0. The second-order valence-electron chi connectivity index (χ2n) is 6.17. The first-order valence-corrected chi connectivity index (χ1v) is 7.63. The molecule has 0 spiro atoms. The molecular formula is C16H25NO5. The molecule has 0 bridgehead atoms. The fraction of sp³-hybridized carbons (Fsp3) is 0.750. The van der Waals surface area contributed by atoms with Crippen molar-refractivity contribution in [2.75, 3.05) is 13.7 Å². The van der Waals surface area contributed by atoms with Crippen molar-refractivity contribution in [3.8, 4) is 0 Å². The number of esters is 1. The third-order valence-corrected chi connectivity index (χ3v) is 3.89. The van der Waals surface area contributed by atoms with E-state index in [0.717, 1.165) is 0 Å². The van der Waals surface area contributed by atoms with Crippen LogP contribution in [0.5, 0.6) is 0 Å². The second kappa shape index (κ2) is 7.51. The van der Waals surface area contributed by atoms with Crippen LogP contribution in [-0.2, 0) is 24.0 Å². The number of carbonyl (C=O) groups excluding carboxylic acids is 3. The molecule has 0 aromatic rings. The summed E-state index contributed by atoms with van der Waals surface area (Å²) in [7, 11) is 1.25. The lowest BCUT2D eigenvalue weighted by Gasteiger charge is -2.39. The van der Waals surface area contributed by atoms with E-state index in [1.54, 1.807) is 20.8 Å². The molecule has 0 saturated heterocycles. The summed E-state index contributed by atoms with van der Waals surface area (Å²) >= 11 is 0. The zero-order valence-electron chi connectivity index (χ0n) is 14.0. The van der Waals surface area contributed by atoms with Gasteiger partial charge >= 0.3 is 5.97 Å². The van der Waals surface area contributed by atoms with Crippen LogP contribution in [0.3, 0.4) is 0 Å². The fourth-order valence-electron chi connectivity index (χ4n) is 2.91. The van der Waals surface area contributed by atoms with Crippen molar-refractivity contribution in [2.45, 2.75) is 47.0 Å². The smallest absolute Gasteiger partial charge is 0.316 e. The summed E-state index contributed by atoms with van der Waals surface area (Å²) in [6.45, 7) is 7.60. The van der Waals surface area contributed by atoms with Gasteiger partial charge in [0.15, 0.2) is 5.78 Å². The number of rotatable bonds is 6. The normalized spacial score (nSPS) is 25.9. The average molecular weight is 311 g/mol. The van der Waals surface area contributed by atoms with Crippen LogP contribution < -0.4 is 0 Å². The van der Waals surface area contributed by atoms with E-state index in [-0.39, 0.29) is 12.2 Å². The fourth-order valence-corrected chi connectivity index (χ4v) is 2.91. The van der Waals surface area contributed by atoms with Gasteiger partial charge in [-0.15, -0.1) is 0 Å². The van der Waals surface area contributed by atoms with Gasteiger partial charge in [-0.3, -0.25) is 14.4 Å². The third-order valence-electron chi connectivity index (χ3n) is 3.89. The molecular weight excluding hydrogens is 286 g/mol. The van der Waals surface area contributed by atoms with Gasteiger partial charge in [-0.05, 0) is 25.2 Å². The number of nitrogens with zero attached hydrogens (tertiary/aromatic N) is 1. The molecule has 0 heterocycles. The van der Waals surface area contributed by atoms with Crippen molar-refractivity contribution in [1.82, 2.24) is 0 Å². The molecule has 0 aromatic heterocycles. The van der Waals surface area contributed by atoms with E-state index in [1.807, 2.05) is 6.92 Å². The molecule has 6 heteroatoms. The maximum Gasteiger partial charge on any atom is 0.316 e. The van der Waals surface area contributed by atoms with Crippen LogP contribution in [0.4, 0.5) is 0 Å². The van der Waals surface area contributed by atoms with Crippen molar-refractivity contribution in [2.24, 2.45) is 22.4 Å². The highest BCUT2D eigenvalue weighted by atomic mass is 16.6. The van der Waals surface area contributed by atoms with E-state index < -0.39 is 29.0 Å². The summed E-state index contributed by atoms with van der Waals surface area (Å²) in [5.74, 6) is -3.19. The maximum absolute atomic E-state index is 12.8. The molecule has 0 aromatic carbocycles. The molecule has 0 radical (unpaired) electrons. The minimum absolute atomic E-state index is 0.213. The number of methoxy groups -OCH3 is 1. The van der Waals surface area contributed by atoms with Crippen molar-refractivity contribution in [1.29, 1.82) is 0 Å². The molecule has 0 N–H and O–H groups in total. The van der Waals surface area contributed by atoms with E-state index in [9.17, 15) is 14.4 Å². The highest BCUT2D eigenvalue weighted by Crippen LogP contribution is 2.41. The number of oxime groups is 1. The molecule has 1 saturated carbocycles. The lowest BCUT2D eigenvalue weighted by atomic mass is 9.62. The van der Waals surface area contributed by atoms with E-state index in [0.29, 0.717) is 25.2 Å². The Balaban J connectivity index is 3.25. The summed E-state index contributed by atoms with van der Waals surface area (Å²) in [5, 5.41) is 3.97. The predicted octanol–water partition coefficient (Wildman–Crippen LogP) is 2.15. The van der Waals surface area contributed by atoms with Crippen molar-refractivity contribution >= 4 is 23.2 Å². The van der Waals surface area contributed by atoms with Gasteiger partial charge in [0.05, 0.1) is 12.8 Å². The maximum atomic E-state index is 12.8. The van der Waals surface area contributed by atoms with Crippen LogP contribution >= 0.6 is 0 Å². The Morgan fingerprint density at radius 1 is 1.32 bits per heavy atom.